The van der Waals surface area contributed by atoms with Crippen LogP contribution in [0.2, 0.25) is 0 Å². The minimum Gasteiger partial charge on any atom is -0.342 e. The van der Waals surface area contributed by atoms with Gasteiger partial charge in [0, 0.05) is 23.6 Å². The van der Waals surface area contributed by atoms with E-state index in [4.69, 9.17) is 9.47 Å². The molecule has 4 unspecified atom stereocenters. The van der Waals surface area contributed by atoms with E-state index in [-0.39, 0.29) is 23.6 Å². The standard InChI is InChI=1S/C12H16N2O4/c1-6-4-14(11(16)13-9(6)15)10-7(2)8(3)12(18-10)5-17-12/h4,7-8,10H,5H2,1-3H3,(H,13,15,16). The largest absolute Gasteiger partial charge is 0.342 e. The van der Waals surface area contributed by atoms with E-state index < -0.39 is 11.5 Å². The van der Waals surface area contributed by atoms with Crippen molar-refractivity contribution in [3.05, 3.63) is 32.6 Å². The molecule has 3 heterocycles. The van der Waals surface area contributed by atoms with Gasteiger partial charge >= 0.3 is 5.69 Å². The molecule has 0 bridgehead atoms. The van der Waals surface area contributed by atoms with E-state index >= 15 is 0 Å². The van der Waals surface area contributed by atoms with Crippen molar-refractivity contribution >= 4 is 0 Å². The molecule has 6 nitrogen and oxygen atoms in total. The van der Waals surface area contributed by atoms with E-state index in [9.17, 15) is 9.59 Å². The minimum absolute atomic E-state index is 0.149. The lowest BCUT2D eigenvalue weighted by Gasteiger charge is -2.18. The highest BCUT2D eigenvalue weighted by atomic mass is 16.8. The van der Waals surface area contributed by atoms with Gasteiger partial charge in [0.15, 0.2) is 5.79 Å². The van der Waals surface area contributed by atoms with Crippen molar-refractivity contribution in [3.63, 3.8) is 0 Å². The molecule has 1 N–H and O–H groups in total. The molecule has 0 saturated carbocycles. The molecule has 0 amide bonds. The lowest BCUT2D eigenvalue weighted by atomic mass is 9.93. The molecule has 0 radical (unpaired) electrons. The molecule has 2 aliphatic rings. The molecule has 3 rings (SSSR count). The second-order valence-corrected chi connectivity index (χ2v) is 5.24. The normalized spacial score (nSPS) is 38.3. The van der Waals surface area contributed by atoms with Gasteiger partial charge in [-0.05, 0) is 6.92 Å². The lowest BCUT2D eigenvalue weighted by Crippen LogP contribution is -2.35. The third-order valence-electron chi connectivity index (χ3n) is 4.10. The molecular weight excluding hydrogens is 236 g/mol. The van der Waals surface area contributed by atoms with Crippen molar-refractivity contribution < 1.29 is 9.47 Å². The average molecular weight is 252 g/mol. The SMILES string of the molecule is Cc1cn(C2OC3(CO3)C(C)C2C)c(=O)[nH]c1=O. The molecule has 4 atom stereocenters. The Kier molecular flexibility index (Phi) is 2.30. The van der Waals surface area contributed by atoms with Gasteiger partial charge in [0.05, 0.1) is 0 Å². The van der Waals surface area contributed by atoms with Gasteiger partial charge in [-0.3, -0.25) is 14.3 Å². The minimum atomic E-state index is -0.520. The van der Waals surface area contributed by atoms with Crippen LogP contribution in [-0.2, 0) is 9.47 Å². The molecule has 2 aliphatic heterocycles. The molecule has 0 aliphatic carbocycles. The Morgan fingerprint density at radius 3 is 2.67 bits per heavy atom. The van der Waals surface area contributed by atoms with E-state index in [1.54, 1.807) is 13.1 Å². The Morgan fingerprint density at radius 1 is 1.44 bits per heavy atom. The summed E-state index contributed by atoms with van der Waals surface area (Å²) < 4.78 is 12.7. The maximum absolute atomic E-state index is 11.8. The van der Waals surface area contributed by atoms with Crippen molar-refractivity contribution in [2.45, 2.75) is 32.8 Å². The number of aromatic nitrogens is 2. The number of aromatic amines is 1. The highest BCUT2D eigenvalue weighted by Gasteiger charge is 2.61. The lowest BCUT2D eigenvalue weighted by molar-refractivity contribution is -0.0836. The maximum Gasteiger partial charge on any atom is 0.330 e. The van der Waals surface area contributed by atoms with Crippen LogP contribution in [0.15, 0.2) is 15.8 Å². The smallest absolute Gasteiger partial charge is 0.330 e. The number of epoxide rings is 1. The fourth-order valence-electron chi connectivity index (χ4n) is 2.55. The topological polar surface area (TPSA) is 76.6 Å². The molecule has 0 aromatic carbocycles. The van der Waals surface area contributed by atoms with Crippen LogP contribution in [0, 0.1) is 18.8 Å². The first-order valence-corrected chi connectivity index (χ1v) is 6.08. The van der Waals surface area contributed by atoms with E-state index in [1.807, 2.05) is 6.92 Å². The number of nitrogens with one attached hydrogen (secondary N) is 1. The third kappa shape index (κ3) is 1.49. The summed E-state index contributed by atoms with van der Waals surface area (Å²) in [5.41, 5.74) is -0.296. The zero-order valence-corrected chi connectivity index (χ0v) is 10.6. The molecule has 1 aromatic heterocycles. The number of hydrogen-bond acceptors (Lipinski definition) is 4. The van der Waals surface area contributed by atoms with Crippen molar-refractivity contribution in [3.8, 4) is 0 Å². The van der Waals surface area contributed by atoms with Crippen LogP contribution in [-0.4, -0.2) is 21.9 Å². The highest BCUT2D eigenvalue weighted by Crippen LogP contribution is 2.52. The number of ether oxygens (including phenoxy) is 2. The van der Waals surface area contributed by atoms with E-state index in [1.165, 1.54) is 4.57 Å². The van der Waals surface area contributed by atoms with Gasteiger partial charge in [-0.25, -0.2) is 4.79 Å². The number of aryl methyl sites for hydroxylation is 1. The molecule has 98 valence electrons. The molecule has 2 fully saturated rings. The quantitative estimate of drug-likeness (QED) is 0.733. The summed E-state index contributed by atoms with van der Waals surface area (Å²) >= 11 is 0. The van der Waals surface area contributed by atoms with E-state index in [0.717, 1.165) is 0 Å². The molecule has 1 spiro atoms. The first-order chi connectivity index (χ1) is 8.44. The number of nitrogens with zero attached hydrogens (tertiary/aromatic N) is 1. The Morgan fingerprint density at radius 2 is 2.11 bits per heavy atom. The van der Waals surface area contributed by atoms with Gasteiger partial charge in [-0.2, -0.15) is 0 Å². The van der Waals surface area contributed by atoms with Crippen LogP contribution in [0.3, 0.4) is 0 Å². The van der Waals surface area contributed by atoms with Crippen molar-refractivity contribution in [2.75, 3.05) is 6.61 Å². The molecule has 6 heteroatoms. The third-order valence-corrected chi connectivity index (χ3v) is 4.10. The van der Waals surface area contributed by atoms with Gasteiger partial charge in [0.1, 0.15) is 12.8 Å². The highest BCUT2D eigenvalue weighted by molar-refractivity contribution is 5.04. The van der Waals surface area contributed by atoms with Crippen LogP contribution in [0.5, 0.6) is 0 Å². The van der Waals surface area contributed by atoms with Crippen molar-refractivity contribution in [2.24, 2.45) is 11.8 Å². The summed E-state index contributed by atoms with van der Waals surface area (Å²) in [7, 11) is 0. The van der Waals surface area contributed by atoms with Crippen LogP contribution in [0.4, 0.5) is 0 Å². The monoisotopic (exact) mass is 252 g/mol. The second kappa shape index (κ2) is 3.55. The zero-order valence-electron chi connectivity index (χ0n) is 10.6. The number of hydrogen-bond donors (Lipinski definition) is 1. The average Bonchev–Trinajstić information content (AvgIpc) is 3.06. The van der Waals surface area contributed by atoms with Gasteiger partial charge < -0.3 is 9.47 Å². The number of H-pyrrole nitrogens is 1. The predicted octanol–water partition coefficient (Wildman–Crippen LogP) is 0.373. The van der Waals surface area contributed by atoms with Crippen LogP contribution in [0.1, 0.15) is 25.6 Å². The summed E-state index contributed by atoms with van der Waals surface area (Å²) in [4.78, 5) is 25.5. The molecule has 18 heavy (non-hydrogen) atoms. The van der Waals surface area contributed by atoms with E-state index in [0.29, 0.717) is 12.2 Å². The van der Waals surface area contributed by atoms with Gasteiger partial charge in [-0.15, -0.1) is 0 Å². The predicted molar refractivity (Wildman–Crippen MR) is 63.2 cm³/mol. The van der Waals surface area contributed by atoms with Gasteiger partial charge in [0.2, 0.25) is 0 Å². The Bertz CT molecular complexity index is 599. The number of rotatable bonds is 1. The molecule has 1 aromatic rings. The maximum atomic E-state index is 11.8. The fourth-order valence-corrected chi connectivity index (χ4v) is 2.55. The van der Waals surface area contributed by atoms with Crippen LogP contribution >= 0.6 is 0 Å². The Balaban J connectivity index is 2.04. The fraction of sp³-hybridized carbons (Fsp3) is 0.667. The van der Waals surface area contributed by atoms with Crippen molar-refractivity contribution in [1.82, 2.24) is 9.55 Å². The first-order valence-electron chi connectivity index (χ1n) is 6.08. The van der Waals surface area contributed by atoms with E-state index in [2.05, 4.69) is 11.9 Å². The summed E-state index contributed by atoms with van der Waals surface area (Å²) in [6, 6.07) is 0. The summed E-state index contributed by atoms with van der Waals surface area (Å²) in [5.74, 6) is -0.148. The summed E-state index contributed by atoms with van der Waals surface area (Å²) in [6.07, 6.45) is 1.17. The van der Waals surface area contributed by atoms with Gasteiger partial charge in [0.25, 0.3) is 5.56 Å². The zero-order chi connectivity index (χ0) is 13.1. The van der Waals surface area contributed by atoms with Crippen LogP contribution < -0.4 is 11.2 Å². The second-order valence-electron chi connectivity index (χ2n) is 5.24. The Labute approximate surface area is 104 Å². The summed E-state index contributed by atoms with van der Waals surface area (Å²) in [5, 5.41) is 0. The molecular formula is C12H16N2O4. The molecule has 2 saturated heterocycles. The Hall–Kier alpha value is -1.40. The first kappa shape index (κ1) is 11.7. The van der Waals surface area contributed by atoms with Crippen LogP contribution in [0.25, 0.3) is 0 Å². The van der Waals surface area contributed by atoms with Crippen molar-refractivity contribution in [1.29, 1.82) is 0 Å². The van der Waals surface area contributed by atoms with Gasteiger partial charge in [-0.1, -0.05) is 13.8 Å². The summed E-state index contributed by atoms with van der Waals surface area (Å²) in [6.45, 7) is 6.33.